The molecular weight excluding hydrogens is 657 g/mol. The first-order valence-corrected chi connectivity index (χ1v) is 18.5. The van der Waals surface area contributed by atoms with Crippen LogP contribution in [-0.4, -0.2) is 99.9 Å². The van der Waals surface area contributed by atoms with Crippen molar-refractivity contribution in [1.29, 1.82) is 0 Å². The second kappa shape index (κ2) is 13.9. The molecule has 0 aromatic carbocycles. The predicted molar refractivity (Wildman–Crippen MR) is 171 cm³/mol. The maximum Gasteiger partial charge on any atom is 0.416 e. The van der Waals surface area contributed by atoms with Gasteiger partial charge < -0.3 is 32.9 Å². The molecule has 1 amide bonds. The normalized spacial score (nSPS) is 26.2. The summed E-state index contributed by atoms with van der Waals surface area (Å²) < 4.78 is 56.0. The molecule has 15 nitrogen and oxygen atoms in total. The van der Waals surface area contributed by atoms with E-state index in [1.165, 1.54) is 11.3 Å². The van der Waals surface area contributed by atoms with Crippen molar-refractivity contribution in [2.24, 2.45) is 0 Å². The summed E-state index contributed by atoms with van der Waals surface area (Å²) in [6.45, 7) is 13.6. The number of amides is 1. The average molecular weight is 702 g/mol. The molecule has 2 aromatic rings. The fourth-order valence-electron chi connectivity index (χ4n) is 6.25. The molecule has 2 aliphatic heterocycles. The minimum absolute atomic E-state index is 0.0769. The number of rotatable bonds is 11. The minimum Gasteiger partial charge on any atom is -0.464 e. The second-order valence-corrected chi connectivity index (χ2v) is 16.2. The number of hydrogen-bond donors (Lipinski definition) is 0. The van der Waals surface area contributed by atoms with E-state index in [2.05, 4.69) is 15.1 Å². The topological polar surface area (TPSA) is 163 Å². The minimum atomic E-state index is -3.56. The first-order chi connectivity index (χ1) is 22.0. The number of hydrogen-bond acceptors (Lipinski definition) is 13. The summed E-state index contributed by atoms with van der Waals surface area (Å²) in [6, 6.07) is -0.137. The maximum absolute atomic E-state index is 13.6. The lowest BCUT2D eigenvalue weighted by molar-refractivity contribution is -0.204. The van der Waals surface area contributed by atoms with Crippen LogP contribution in [0.1, 0.15) is 80.4 Å². The number of nitrogens with zero attached hydrogens (tertiary/aromatic N) is 5. The lowest BCUT2D eigenvalue weighted by Crippen LogP contribution is -2.43. The van der Waals surface area contributed by atoms with E-state index in [4.69, 9.17) is 44.5 Å². The van der Waals surface area contributed by atoms with Crippen molar-refractivity contribution in [2.45, 2.75) is 122 Å². The molecule has 17 heteroatoms. The summed E-state index contributed by atoms with van der Waals surface area (Å²) in [5, 5.41) is 4.99. The van der Waals surface area contributed by atoms with Crippen LogP contribution in [0.2, 0.25) is 5.28 Å². The van der Waals surface area contributed by atoms with Gasteiger partial charge in [-0.1, -0.05) is 12.8 Å². The fraction of sp³-hybridized carbons (Fsp3) is 0.767. The lowest BCUT2D eigenvalue weighted by Gasteiger charge is -2.31. The Morgan fingerprint density at radius 1 is 1.15 bits per heavy atom. The largest absolute Gasteiger partial charge is 0.464 e. The third kappa shape index (κ3) is 7.76. The number of carbonyl (C=O) groups is 2. The Morgan fingerprint density at radius 3 is 2.47 bits per heavy atom. The quantitative estimate of drug-likeness (QED) is 0.166. The molecule has 0 radical (unpaired) electrons. The van der Waals surface area contributed by atoms with Gasteiger partial charge in [0, 0.05) is 12.7 Å². The van der Waals surface area contributed by atoms with Crippen molar-refractivity contribution >= 4 is 47.9 Å². The Labute approximate surface area is 279 Å². The number of carbonyl (C=O) groups excluding carboxylic acids is 2. The van der Waals surface area contributed by atoms with Gasteiger partial charge in [-0.15, -0.1) is 0 Å². The fourth-order valence-corrected chi connectivity index (χ4v) is 7.87. The highest BCUT2D eigenvalue weighted by molar-refractivity contribution is 7.59. The van der Waals surface area contributed by atoms with Gasteiger partial charge in [-0.3, -0.25) is 9.46 Å². The van der Waals surface area contributed by atoms with Crippen LogP contribution in [0.15, 0.2) is 6.20 Å². The van der Waals surface area contributed by atoms with E-state index >= 15 is 0 Å². The number of anilines is 1. The molecule has 6 atom stereocenters. The van der Waals surface area contributed by atoms with Gasteiger partial charge in [0.1, 0.15) is 23.9 Å². The summed E-state index contributed by atoms with van der Waals surface area (Å²) in [5.41, 5.74) is -0.422. The van der Waals surface area contributed by atoms with Crippen molar-refractivity contribution in [1.82, 2.24) is 19.7 Å². The molecule has 0 spiro atoms. The van der Waals surface area contributed by atoms with Crippen molar-refractivity contribution in [3.05, 3.63) is 11.5 Å². The highest BCUT2D eigenvalue weighted by Crippen LogP contribution is 2.50. The molecule has 2 saturated heterocycles. The SMILES string of the molecule is CCOC(=O)C(OC[C@H]1O[C@@H](n2ncc3c(N(C(=O)OC(C)(C)C)C4CCCC4)nc(Cl)nc32)[C@@H]2OC(C)(C)O[C@@H]21)P(C)(=O)OCC. The van der Waals surface area contributed by atoms with E-state index in [0.717, 1.165) is 25.7 Å². The molecular formula is C30H45ClN5O10P. The van der Waals surface area contributed by atoms with Gasteiger partial charge in [-0.05, 0) is 72.9 Å². The van der Waals surface area contributed by atoms with E-state index < -0.39 is 61.2 Å². The van der Waals surface area contributed by atoms with Gasteiger partial charge in [0.05, 0.1) is 31.4 Å². The molecule has 0 bridgehead atoms. The van der Waals surface area contributed by atoms with Gasteiger partial charge in [-0.2, -0.15) is 15.1 Å². The van der Waals surface area contributed by atoms with Crippen LogP contribution in [0, 0.1) is 0 Å². The zero-order chi connectivity index (χ0) is 34.3. The third-order valence-electron chi connectivity index (χ3n) is 8.00. The Kier molecular flexibility index (Phi) is 10.6. The van der Waals surface area contributed by atoms with Gasteiger partial charge in [0.15, 0.2) is 23.5 Å². The van der Waals surface area contributed by atoms with Crippen molar-refractivity contribution in [3.63, 3.8) is 0 Å². The third-order valence-corrected chi connectivity index (χ3v) is 10.2. The zero-order valence-electron chi connectivity index (χ0n) is 28.1. The van der Waals surface area contributed by atoms with Crippen LogP contribution in [-0.2, 0) is 42.3 Å². The number of aromatic nitrogens is 4. The molecule has 1 saturated carbocycles. The Morgan fingerprint density at radius 2 is 1.83 bits per heavy atom. The lowest BCUT2D eigenvalue weighted by atomic mass is 10.1. The van der Waals surface area contributed by atoms with Crippen LogP contribution in [0.25, 0.3) is 11.0 Å². The Balaban J connectivity index is 1.48. The monoisotopic (exact) mass is 701 g/mol. The van der Waals surface area contributed by atoms with E-state index in [9.17, 15) is 14.2 Å². The van der Waals surface area contributed by atoms with E-state index in [-0.39, 0.29) is 37.0 Å². The molecule has 5 rings (SSSR count). The number of esters is 1. The maximum atomic E-state index is 13.6. The van der Waals surface area contributed by atoms with E-state index in [1.54, 1.807) is 38.8 Å². The van der Waals surface area contributed by atoms with Crippen molar-refractivity contribution in [2.75, 3.05) is 31.4 Å². The first-order valence-electron chi connectivity index (χ1n) is 16.0. The molecule has 2 aromatic heterocycles. The molecule has 3 aliphatic rings. The van der Waals surface area contributed by atoms with Gasteiger partial charge >= 0.3 is 12.1 Å². The molecule has 47 heavy (non-hydrogen) atoms. The molecule has 262 valence electrons. The van der Waals surface area contributed by atoms with E-state index in [0.29, 0.717) is 11.0 Å². The number of fused-ring (bicyclic) bond motifs is 2. The predicted octanol–water partition coefficient (Wildman–Crippen LogP) is 5.43. The van der Waals surface area contributed by atoms with Gasteiger partial charge in [-0.25, -0.2) is 14.3 Å². The molecule has 3 fully saturated rings. The summed E-state index contributed by atoms with van der Waals surface area (Å²) in [4.78, 5) is 36.9. The standard InChI is InChI=1S/C30H45ClN5O10P/c1-9-40-25(37)26(47(8,39)42-10-2)41-16-19-20-21(45-30(6,7)44-20)24(43-19)36-23-18(15-32-36)22(33-27(31)34-23)35(17-13-11-12-14-17)28(38)46-29(3,4)5/h15,17,19-21,24,26H,9-14,16H2,1-8H3/t19-,20-,21-,24-,26?,47?/m1/s1. The Bertz CT molecular complexity index is 1510. The van der Waals surface area contributed by atoms with Gasteiger partial charge in [0.2, 0.25) is 18.5 Å². The molecule has 4 heterocycles. The van der Waals surface area contributed by atoms with Crippen LogP contribution >= 0.6 is 19.0 Å². The Hall–Kier alpha value is -2.39. The highest BCUT2D eigenvalue weighted by atomic mass is 35.5. The van der Waals surface area contributed by atoms with Crippen LogP contribution < -0.4 is 4.90 Å². The molecule has 0 N–H and O–H groups in total. The second-order valence-electron chi connectivity index (χ2n) is 13.3. The summed E-state index contributed by atoms with van der Waals surface area (Å²) >= 11 is 6.50. The van der Waals surface area contributed by atoms with E-state index in [1.807, 2.05) is 20.8 Å². The number of ether oxygens (including phenoxy) is 6. The smallest absolute Gasteiger partial charge is 0.416 e. The summed E-state index contributed by atoms with van der Waals surface area (Å²) in [5.74, 6) is -2.96. The van der Waals surface area contributed by atoms with Crippen molar-refractivity contribution in [3.8, 4) is 0 Å². The number of halogens is 1. The summed E-state index contributed by atoms with van der Waals surface area (Å²) in [7, 11) is -3.56. The van der Waals surface area contributed by atoms with Crippen LogP contribution in [0.5, 0.6) is 0 Å². The summed E-state index contributed by atoms with van der Waals surface area (Å²) in [6.07, 6.45) is 1.53. The van der Waals surface area contributed by atoms with Crippen LogP contribution in [0.3, 0.4) is 0 Å². The first kappa shape index (κ1) is 35.9. The molecule has 2 unspecified atom stereocenters. The van der Waals surface area contributed by atoms with Gasteiger partial charge in [0.25, 0.3) is 0 Å². The average Bonchev–Trinajstić information content (AvgIpc) is 3.73. The van der Waals surface area contributed by atoms with Crippen LogP contribution in [0.4, 0.5) is 10.6 Å². The van der Waals surface area contributed by atoms with Crippen molar-refractivity contribution < 1.29 is 47.1 Å². The molecule has 1 aliphatic carbocycles. The highest BCUT2D eigenvalue weighted by Gasteiger charge is 2.57. The zero-order valence-corrected chi connectivity index (χ0v) is 29.8.